The molecular weight excluding hydrogens is 252 g/mol. The van der Waals surface area contributed by atoms with E-state index >= 15 is 0 Å². The Morgan fingerprint density at radius 2 is 2.06 bits per heavy atom. The highest BCUT2D eigenvalue weighted by Crippen LogP contribution is 2.24. The Bertz CT molecular complexity index is 302. The van der Waals surface area contributed by atoms with Crippen LogP contribution in [0.3, 0.4) is 0 Å². The fraction of sp³-hybridized carbons (Fsp3) is 0.833. The van der Waals surface area contributed by atoms with Crippen LogP contribution in [-0.4, -0.2) is 41.2 Å². The van der Waals surface area contributed by atoms with Crippen molar-refractivity contribution in [1.29, 1.82) is 0 Å². The number of hydrogen-bond acceptors (Lipinski definition) is 3. The number of carbonyl (C=O) groups is 2. The molecule has 0 bridgehead atoms. The zero-order chi connectivity index (χ0) is 13.6. The first-order chi connectivity index (χ1) is 8.42. The van der Waals surface area contributed by atoms with Crippen molar-refractivity contribution < 1.29 is 14.7 Å². The molecule has 5 nitrogen and oxygen atoms in total. The van der Waals surface area contributed by atoms with E-state index in [0.29, 0.717) is 11.8 Å². The van der Waals surface area contributed by atoms with Gasteiger partial charge in [0.05, 0.1) is 5.41 Å². The minimum absolute atomic E-state index is 0.131. The van der Waals surface area contributed by atoms with Gasteiger partial charge >= 0.3 is 12.0 Å². The summed E-state index contributed by atoms with van der Waals surface area (Å²) in [7, 11) is 0. The molecule has 1 heterocycles. The van der Waals surface area contributed by atoms with Gasteiger partial charge in [-0.25, -0.2) is 4.79 Å². The first-order valence-electron chi connectivity index (χ1n) is 6.28. The molecule has 0 aromatic carbocycles. The molecule has 2 amide bonds. The molecule has 1 unspecified atom stereocenters. The van der Waals surface area contributed by atoms with E-state index in [-0.39, 0.29) is 12.6 Å². The summed E-state index contributed by atoms with van der Waals surface area (Å²) < 4.78 is 0. The van der Waals surface area contributed by atoms with Gasteiger partial charge < -0.3 is 15.7 Å². The first kappa shape index (κ1) is 15.1. The molecule has 0 saturated carbocycles. The van der Waals surface area contributed by atoms with Crippen LogP contribution in [0.25, 0.3) is 0 Å². The summed E-state index contributed by atoms with van der Waals surface area (Å²) >= 11 is 1.90. The average molecular weight is 274 g/mol. The monoisotopic (exact) mass is 274 g/mol. The number of nitrogens with one attached hydrogen (secondary N) is 2. The van der Waals surface area contributed by atoms with Gasteiger partial charge in [-0.2, -0.15) is 11.8 Å². The third kappa shape index (κ3) is 5.16. The van der Waals surface area contributed by atoms with Crippen LogP contribution in [-0.2, 0) is 4.79 Å². The number of rotatable bonds is 5. The third-order valence-corrected chi connectivity index (χ3v) is 4.43. The summed E-state index contributed by atoms with van der Waals surface area (Å²) in [4.78, 5) is 22.4. The molecule has 1 saturated heterocycles. The van der Waals surface area contributed by atoms with Crippen LogP contribution in [0.4, 0.5) is 4.79 Å². The van der Waals surface area contributed by atoms with Gasteiger partial charge in [-0.15, -0.1) is 0 Å². The maximum absolute atomic E-state index is 11.5. The standard InChI is InChI=1S/C12H22N2O3S/c1-12(2,10(15)16)8-14-11(17)13-7-9-5-3-4-6-18-9/h9H,3-8H2,1-2H3,(H,15,16)(H2,13,14,17). The number of carboxylic acids is 1. The molecule has 1 rings (SSSR count). The lowest BCUT2D eigenvalue weighted by Gasteiger charge is -2.23. The number of urea groups is 1. The second-order valence-electron chi connectivity index (χ2n) is 5.24. The average Bonchev–Trinajstić information content (AvgIpc) is 2.35. The van der Waals surface area contributed by atoms with E-state index in [4.69, 9.17) is 5.11 Å². The van der Waals surface area contributed by atoms with E-state index in [0.717, 1.165) is 6.42 Å². The van der Waals surface area contributed by atoms with E-state index in [1.807, 2.05) is 11.8 Å². The highest BCUT2D eigenvalue weighted by atomic mass is 32.2. The van der Waals surface area contributed by atoms with Gasteiger partial charge in [0.15, 0.2) is 0 Å². The second kappa shape index (κ2) is 6.87. The fourth-order valence-corrected chi connectivity index (χ4v) is 2.85. The normalized spacial score (nSPS) is 20.2. The van der Waals surface area contributed by atoms with Crippen molar-refractivity contribution in [3.8, 4) is 0 Å². The van der Waals surface area contributed by atoms with Crippen molar-refractivity contribution in [2.75, 3.05) is 18.8 Å². The lowest BCUT2D eigenvalue weighted by molar-refractivity contribution is -0.146. The van der Waals surface area contributed by atoms with Crippen LogP contribution in [0.5, 0.6) is 0 Å². The highest BCUT2D eigenvalue weighted by molar-refractivity contribution is 7.99. The molecule has 3 N–H and O–H groups in total. The zero-order valence-electron chi connectivity index (χ0n) is 11.0. The summed E-state index contributed by atoms with van der Waals surface area (Å²) in [6.45, 7) is 3.97. The van der Waals surface area contributed by atoms with Crippen LogP contribution < -0.4 is 10.6 Å². The predicted octanol–water partition coefficient (Wildman–Crippen LogP) is 1.68. The Morgan fingerprint density at radius 1 is 1.33 bits per heavy atom. The molecular formula is C12H22N2O3S. The van der Waals surface area contributed by atoms with Crippen LogP contribution in [0.2, 0.25) is 0 Å². The van der Waals surface area contributed by atoms with Crippen LogP contribution in [0, 0.1) is 5.41 Å². The van der Waals surface area contributed by atoms with Gasteiger partial charge in [0.2, 0.25) is 0 Å². The molecule has 0 aromatic rings. The fourth-order valence-electron chi connectivity index (χ4n) is 1.61. The number of amides is 2. The van der Waals surface area contributed by atoms with E-state index in [2.05, 4.69) is 10.6 Å². The molecule has 0 aromatic heterocycles. The maximum atomic E-state index is 11.5. The smallest absolute Gasteiger partial charge is 0.314 e. The lowest BCUT2D eigenvalue weighted by Crippen LogP contribution is -2.45. The zero-order valence-corrected chi connectivity index (χ0v) is 11.8. The summed E-state index contributed by atoms with van der Waals surface area (Å²) in [5.41, 5.74) is -0.934. The van der Waals surface area contributed by atoms with E-state index in [1.165, 1.54) is 18.6 Å². The molecule has 6 heteroatoms. The number of carboxylic acid groups (broad SMARTS) is 1. The first-order valence-corrected chi connectivity index (χ1v) is 7.33. The van der Waals surface area contributed by atoms with Gasteiger partial charge in [0.1, 0.15) is 0 Å². The Kier molecular flexibility index (Phi) is 5.78. The molecule has 1 aliphatic heterocycles. The Hall–Kier alpha value is -0.910. The summed E-state index contributed by atoms with van der Waals surface area (Å²) in [6.07, 6.45) is 3.64. The Balaban J connectivity index is 2.19. The van der Waals surface area contributed by atoms with Gasteiger partial charge in [-0.05, 0) is 32.4 Å². The van der Waals surface area contributed by atoms with Crippen molar-refractivity contribution in [2.24, 2.45) is 5.41 Å². The minimum Gasteiger partial charge on any atom is -0.481 e. The maximum Gasteiger partial charge on any atom is 0.314 e. The van der Waals surface area contributed by atoms with Gasteiger partial charge in [-0.3, -0.25) is 4.79 Å². The van der Waals surface area contributed by atoms with Gasteiger partial charge in [0.25, 0.3) is 0 Å². The topological polar surface area (TPSA) is 78.4 Å². The summed E-state index contributed by atoms with van der Waals surface area (Å²) in [6, 6.07) is -0.282. The number of aliphatic carboxylic acids is 1. The van der Waals surface area contributed by atoms with E-state index in [9.17, 15) is 9.59 Å². The Morgan fingerprint density at radius 3 is 2.61 bits per heavy atom. The molecule has 18 heavy (non-hydrogen) atoms. The van der Waals surface area contributed by atoms with Crippen LogP contribution >= 0.6 is 11.8 Å². The van der Waals surface area contributed by atoms with Crippen molar-refractivity contribution >= 4 is 23.8 Å². The lowest BCUT2D eigenvalue weighted by atomic mass is 9.94. The largest absolute Gasteiger partial charge is 0.481 e. The number of hydrogen-bond donors (Lipinski definition) is 3. The van der Waals surface area contributed by atoms with Crippen LogP contribution in [0.1, 0.15) is 33.1 Å². The number of carbonyl (C=O) groups excluding carboxylic acids is 1. The second-order valence-corrected chi connectivity index (χ2v) is 6.65. The van der Waals surface area contributed by atoms with E-state index < -0.39 is 11.4 Å². The quantitative estimate of drug-likeness (QED) is 0.713. The van der Waals surface area contributed by atoms with Crippen molar-refractivity contribution in [2.45, 2.75) is 38.4 Å². The Labute approximate surface area is 112 Å². The molecule has 1 atom stereocenters. The number of thioether (sulfide) groups is 1. The summed E-state index contributed by atoms with van der Waals surface area (Å²) in [5, 5.41) is 14.8. The van der Waals surface area contributed by atoms with Crippen molar-refractivity contribution in [1.82, 2.24) is 10.6 Å². The SMILES string of the molecule is CC(C)(CNC(=O)NCC1CCCCS1)C(=O)O. The van der Waals surface area contributed by atoms with Gasteiger partial charge in [-0.1, -0.05) is 6.42 Å². The van der Waals surface area contributed by atoms with Crippen molar-refractivity contribution in [3.63, 3.8) is 0 Å². The molecule has 1 fully saturated rings. The van der Waals surface area contributed by atoms with Crippen LogP contribution in [0.15, 0.2) is 0 Å². The molecule has 0 aliphatic carbocycles. The minimum atomic E-state index is -0.934. The van der Waals surface area contributed by atoms with Gasteiger partial charge in [0, 0.05) is 18.3 Å². The van der Waals surface area contributed by atoms with E-state index in [1.54, 1.807) is 13.8 Å². The molecule has 1 aliphatic rings. The van der Waals surface area contributed by atoms with Crippen molar-refractivity contribution in [3.05, 3.63) is 0 Å². The molecule has 104 valence electrons. The molecule has 0 spiro atoms. The summed E-state index contributed by atoms with van der Waals surface area (Å²) in [5.74, 6) is 0.255. The predicted molar refractivity (Wildman–Crippen MR) is 72.9 cm³/mol. The third-order valence-electron chi connectivity index (χ3n) is 3.03. The highest BCUT2D eigenvalue weighted by Gasteiger charge is 2.27. The molecule has 0 radical (unpaired) electrons.